The highest BCUT2D eigenvalue weighted by Gasteiger charge is 2.30. The molecule has 35 heavy (non-hydrogen) atoms. The Bertz CT molecular complexity index is 1150. The molecule has 0 saturated carbocycles. The van der Waals surface area contributed by atoms with Crippen molar-refractivity contribution in [2.24, 2.45) is 11.8 Å². The Kier molecular flexibility index (Phi) is 7.62. The maximum Gasteiger partial charge on any atom is 0.256 e. The SMILES string of the molecule is C[C@@H](Nc1cc(N2CCC([C@H]3CCCN(CCO)C3)CC2)nc2ncnn12)c1ccc(Cl)cc1Cl. The van der Waals surface area contributed by atoms with Gasteiger partial charge in [0.2, 0.25) is 0 Å². The summed E-state index contributed by atoms with van der Waals surface area (Å²) in [5, 5.41) is 18.5. The van der Waals surface area contributed by atoms with E-state index in [9.17, 15) is 5.11 Å². The number of halogens is 2. The Labute approximate surface area is 216 Å². The molecule has 5 rings (SSSR count). The minimum atomic E-state index is -0.0543. The van der Waals surface area contributed by atoms with Crippen molar-refractivity contribution in [3.8, 4) is 0 Å². The van der Waals surface area contributed by atoms with Crippen LogP contribution in [-0.4, -0.2) is 68.9 Å². The number of nitrogens with zero attached hydrogens (tertiary/aromatic N) is 6. The highest BCUT2D eigenvalue weighted by molar-refractivity contribution is 6.35. The molecule has 2 aliphatic rings. The van der Waals surface area contributed by atoms with E-state index >= 15 is 0 Å². The van der Waals surface area contributed by atoms with Gasteiger partial charge in [-0.25, -0.2) is 0 Å². The van der Waals surface area contributed by atoms with Crippen molar-refractivity contribution in [3.63, 3.8) is 0 Å². The normalized spacial score (nSPS) is 20.9. The highest BCUT2D eigenvalue weighted by Crippen LogP contribution is 2.34. The lowest BCUT2D eigenvalue weighted by atomic mass is 9.79. The lowest BCUT2D eigenvalue weighted by molar-refractivity contribution is 0.103. The molecule has 1 aromatic carbocycles. The van der Waals surface area contributed by atoms with Gasteiger partial charge in [-0.15, -0.1) is 0 Å². The average molecular weight is 518 g/mol. The van der Waals surface area contributed by atoms with Gasteiger partial charge in [0.05, 0.1) is 12.6 Å². The van der Waals surface area contributed by atoms with Crippen LogP contribution in [0.15, 0.2) is 30.6 Å². The van der Waals surface area contributed by atoms with Gasteiger partial charge in [-0.2, -0.15) is 19.6 Å². The predicted octanol–water partition coefficient (Wildman–Crippen LogP) is 4.52. The van der Waals surface area contributed by atoms with Crippen LogP contribution >= 0.6 is 23.2 Å². The number of hydrogen-bond acceptors (Lipinski definition) is 7. The van der Waals surface area contributed by atoms with E-state index in [2.05, 4.69) is 38.2 Å². The first kappa shape index (κ1) is 24.6. The number of rotatable bonds is 7. The van der Waals surface area contributed by atoms with Crippen molar-refractivity contribution >= 4 is 40.6 Å². The van der Waals surface area contributed by atoms with Crippen molar-refractivity contribution in [1.29, 1.82) is 0 Å². The molecule has 4 heterocycles. The van der Waals surface area contributed by atoms with Gasteiger partial charge in [0, 0.05) is 42.3 Å². The Morgan fingerprint density at radius 1 is 1.11 bits per heavy atom. The molecule has 0 bridgehead atoms. The van der Waals surface area contributed by atoms with E-state index in [1.807, 2.05) is 12.1 Å². The first-order valence-corrected chi connectivity index (χ1v) is 13.3. The summed E-state index contributed by atoms with van der Waals surface area (Å²) in [5.41, 5.74) is 0.964. The molecule has 0 aliphatic carbocycles. The second-order valence-electron chi connectivity index (χ2n) is 9.75. The summed E-state index contributed by atoms with van der Waals surface area (Å²) in [6.07, 6.45) is 6.40. The largest absolute Gasteiger partial charge is 0.395 e. The third kappa shape index (κ3) is 5.50. The van der Waals surface area contributed by atoms with E-state index in [-0.39, 0.29) is 12.6 Å². The fourth-order valence-corrected chi connectivity index (χ4v) is 6.21. The first-order chi connectivity index (χ1) is 17.0. The number of fused-ring (bicyclic) bond motifs is 1. The van der Waals surface area contributed by atoms with Crippen LogP contribution in [0.25, 0.3) is 5.78 Å². The molecule has 188 valence electrons. The summed E-state index contributed by atoms with van der Waals surface area (Å²) in [4.78, 5) is 14.0. The van der Waals surface area contributed by atoms with Crippen LogP contribution in [0.2, 0.25) is 10.0 Å². The van der Waals surface area contributed by atoms with Gasteiger partial charge in [0.15, 0.2) is 0 Å². The Hall–Kier alpha value is -2.13. The summed E-state index contributed by atoms with van der Waals surface area (Å²) in [6.45, 7) is 7.32. The molecule has 2 fully saturated rings. The molecular weight excluding hydrogens is 485 g/mol. The first-order valence-electron chi connectivity index (χ1n) is 12.5. The van der Waals surface area contributed by atoms with Crippen LogP contribution in [0.3, 0.4) is 0 Å². The van der Waals surface area contributed by atoms with Crippen molar-refractivity contribution in [2.45, 2.75) is 38.6 Å². The summed E-state index contributed by atoms with van der Waals surface area (Å²) in [7, 11) is 0. The molecule has 2 saturated heterocycles. The summed E-state index contributed by atoms with van der Waals surface area (Å²) in [5.74, 6) is 3.79. The van der Waals surface area contributed by atoms with Crippen LogP contribution < -0.4 is 10.2 Å². The van der Waals surface area contributed by atoms with Crippen molar-refractivity contribution < 1.29 is 5.11 Å². The number of benzene rings is 1. The van der Waals surface area contributed by atoms with Gasteiger partial charge in [0.25, 0.3) is 5.78 Å². The third-order valence-electron chi connectivity index (χ3n) is 7.52. The lowest BCUT2D eigenvalue weighted by Crippen LogP contribution is -2.43. The van der Waals surface area contributed by atoms with Gasteiger partial charge in [-0.3, -0.25) is 0 Å². The quantitative estimate of drug-likeness (QED) is 0.476. The number of nitrogens with one attached hydrogen (secondary N) is 1. The smallest absolute Gasteiger partial charge is 0.256 e. The molecule has 2 N–H and O–H groups in total. The molecule has 0 radical (unpaired) electrons. The summed E-state index contributed by atoms with van der Waals surface area (Å²) >= 11 is 12.5. The second kappa shape index (κ2) is 10.9. The molecule has 0 unspecified atom stereocenters. The molecule has 3 aromatic rings. The maximum atomic E-state index is 9.32. The van der Waals surface area contributed by atoms with Gasteiger partial charge in [-0.1, -0.05) is 29.3 Å². The van der Waals surface area contributed by atoms with Crippen molar-refractivity contribution in [3.05, 3.63) is 46.2 Å². The van der Waals surface area contributed by atoms with Crippen LogP contribution in [0.5, 0.6) is 0 Å². The van der Waals surface area contributed by atoms with E-state index in [1.54, 1.807) is 10.6 Å². The molecule has 2 atom stereocenters. The maximum absolute atomic E-state index is 9.32. The van der Waals surface area contributed by atoms with E-state index in [0.717, 1.165) is 74.6 Å². The molecule has 10 heteroatoms. The zero-order valence-corrected chi connectivity index (χ0v) is 21.6. The summed E-state index contributed by atoms with van der Waals surface area (Å²) < 4.78 is 1.73. The van der Waals surface area contributed by atoms with Crippen molar-refractivity contribution in [1.82, 2.24) is 24.5 Å². The van der Waals surface area contributed by atoms with E-state index in [1.165, 1.54) is 19.2 Å². The number of piperidine rings is 2. The third-order valence-corrected chi connectivity index (χ3v) is 8.08. The van der Waals surface area contributed by atoms with Crippen LogP contribution in [0, 0.1) is 11.8 Å². The number of aromatic nitrogens is 4. The van der Waals surface area contributed by atoms with E-state index < -0.39 is 0 Å². The topological polar surface area (TPSA) is 81.8 Å². The number of hydrogen-bond donors (Lipinski definition) is 2. The highest BCUT2D eigenvalue weighted by atomic mass is 35.5. The molecular formula is C25H33Cl2N7O. The van der Waals surface area contributed by atoms with Gasteiger partial charge in [0.1, 0.15) is 18.0 Å². The molecule has 2 aromatic heterocycles. The minimum absolute atomic E-state index is 0.0543. The van der Waals surface area contributed by atoms with E-state index in [0.29, 0.717) is 15.8 Å². The lowest BCUT2D eigenvalue weighted by Gasteiger charge is -2.41. The molecule has 2 aliphatic heterocycles. The number of aliphatic hydroxyl groups excluding tert-OH is 1. The Morgan fingerprint density at radius 3 is 2.71 bits per heavy atom. The standard InChI is InChI=1S/C25H33Cl2N7O/c1-17(21-5-4-20(26)13-22(21)27)30-24-14-23(31-25-28-16-29-34(24)25)33-9-6-18(7-10-33)19-3-2-8-32(15-19)11-12-35/h4-5,13-14,16-19,30,35H,2-3,6-12,15H2,1H3/t17-,19+/m1/s1. The summed E-state index contributed by atoms with van der Waals surface area (Å²) in [6, 6.07) is 7.57. The number of aliphatic hydroxyl groups is 1. The molecule has 0 spiro atoms. The van der Waals surface area contributed by atoms with Crippen LogP contribution in [-0.2, 0) is 0 Å². The van der Waals surface area contributed by atoms with Gasteiger partial charge >= 0.3 is 0 Å². The Morgan fingerprint density at radius 2 is 1.94 bits per heavy atom. The molecule has 8 nitrogen and oxygen atoms in total. The van der Waals surface area contributed by atoms with Gasteiger partial charge < -0.3 is 20.2 Å². The van der Waals surface area contributed by atoms with Crippen molar-refractivity contribution in [2.75, 3.05) is 49.5 Å². The van der Waals surface area contributed by atoms with Crippen LogP contribution in [0.4, 0.5) is 11.6 Å². The minimum Gasteiger partial charge on any atom is -0.395 e. The van der Waals surface area contributed by atoms with Gasteiger partial charge in [-0.05, 0) is 68.7 Å². The fourth-order valence-electron chi connectivity index (χ4n) is 5.64. The fraction of sp³-hybridized carbons (Fsp3) is 0.560. The van der Waals surface area contributed by atoms with E-state index in [4.69, 9.17) is 28.2 Å². The zero-order valence-electron chi connectivity index (χ0n) is 20.1. The number of anilines is 2. The molecule has 0 amide bonds. The Balaban J connectivity index is 1.29. The predicted molar refractivity (Wildman–Crippen MR) is 140 cm³/mol. The monoisotopic (exact) mass is 517 g/mol. The number of β-amino-alcohol motifs (C(OH)–C–C–N with tert-alkyl or cyclic N) is 1. The average Bonchev–Trinajstić information content (AvgIpc) is 3.34. The zero-order chi connectivity index (χ0) is 24.4. The van der Waals surface area contributed by atoms with Crippen LogP contribution in [0.1, 0.15) is 44.2 Å². The number of likely N-dealkylation sites (tertiary alicyclic amines) is 1. The second-order valence-corrected chi connectivity index (χ2v) is 10.6.